The maximum Gasteiger partial charge on any atom is 0.326 e. The number of amides is 1. The number of likely N-dealkylation sites (tertiary alicyclic amines) is 1. The fourth-order valence-corrected chi connectivity index (χ4v) is 1.76. The first kappa shape index (κ1) is 7.58. The van der Waals surface area contributed by atoms with Gasteiger partial charge in [0.2, 0.25) is 5.91 Å². The number of aliphatic carboxylic acids is 1. The van der Waals surface area contributed by atoms with Gasteiger partial charge in [0.25, 0.3) is 0 Å². The van der Waals surface area contributed by atoms with Gasteiger partial charge in [-0.05, 0) is 19.3 Å². The molecule has 66 valence electrons. The van der Waals surface area contributed by atoms with Crippen LogP contribution < -0.4 is 0 Å². The molecule has 0 unspecified atom stereocenters. The van der Waals surface area contributed by atoms with Crippen LogP contribution in [0.25, 0.3) is 0 Å². The second-order valence-electron chi connectivity index (χ2n) is 3.42. The zero-order chi connectivity index (χ0) is 8.72. The van der Waals surface area contributed by atoms with E-state index in [4.69, 9.17) is 5.11 Å². The lowest BCUT2D eigenvalue weighted by molar-refractivity contribution is -0.146. The van der Waals surface area contributed by atoms with Gasteiger partial charge in [-0.1, -0.05) is 0 Å². The van der Waals surface area contributed by atoms with E-state index in [1.165, 1.54) is 0 Å². The third-order valence-electron chi connectivity index (χ3n) is 2.48. The smallest absolute Gasteiger partial charge is 0.326 e. The molecule has 1 saturated carbocycles. The Balaban J connectivity index is 2.13. The lowest BCUT2D eigenvalue weighted by Crippen LogP contribution is -2.39. The number of carbonyl (C=O) groups excluding carboxylic acids is 1. The van der Waals surface area contributed by atoms with Crippen LogP contribution in [0.3, 0.4) is 0 Å². The number of rotatable bonds is 2. The van der Waals surface area contributed by atoms with Gasteiger partial charge < -0.3 is 10.0 Å². The van der Waals surface area contributed by atoms with Crippen LogP contribution in [0.4, 0.5) is 0 Å². The SMILES string of the molecule is O=C(O)[C@H]1CCC(=O)N1C1CC1. The van der Waals surface area contributed by atoms with Crippen LogP contribution in [-0.4, -0.2) is 34.0 Å². The molecular weight excluding hydrogens is 158 g/mol. The molecule has 0 spiro atoms. The van der Waals surface area contributed by atoms with Crippen molar-refractivity contribution in [2.24, 2.45) is 0 Å². The van der Waals surface area contributed by atoms with Crippen molar-refractivity contribution in [1.82, 2.24) is 4.90 Å². The molecule has 1 atom stereocenters. The maximum absolute atomic E-state index is 11.2. The molecule has 1 heterocycles. The zero-order valence-corrected chi connectivity index (χ0v) is 6.69. The molecule has 2 fully saturated rings. The van der Waals surface area contributed by atoms with Crippen molar-refractivity contribution in [2.45, 2.75) is 37.8 Å². The Morgan fingerprint density at radius 1 is 1.42 bits per heavy atom. The predicted molar refractivity (Wildman–Crippen MR) is 40.5 cm³/mol. The molecule has 0 aromatic heterocycles. The molecule has 1 N–H and O–H groups in total. The van der Waals surface area contributed by atoms with Crippen molar-refractivity contribution in [1.29, 1.82) is 0 Å². The van der Waals surface area contributed by atoms with E-state index >= 15 is 0 Å². The Kier molecular flexibility index (Phi) is 1.56. The topological polar surface area (TPSA) is 57.6 Å². The minimum Gasteiger partial charge on any atom is -0.480 e. The van der Waals surface area contributed by atoms with E-state index in [1.54, 1.807) is 4.90 Å². The minimum atomic E-state index is -0.854. The van der Waals surface area contributed by atoms with Crippen LogP contribution in [0, 0.1) is 0 Å². The first-order valence-corrected chi connectivity index (χ1v) is 4.24. The summed E-state index contributed by atoms with van der Waals surface area (Å²) in [5.41, 5.74) is 0. The maximum atomic E-state index is 11.2. The average molecular weight is 169 g/mol. The van der Waals surface area contributed by atoms with Gasteiger partial charge in [-0.25, -0.2) is 4.79 Å². The van der Waals surface area contributed by atoms with E-state index in [9.17, 15) is 9.59 Å². The number of nitrogens with zero attached hydrogens (tertiary/aromatic N) is 1. The molecule has 0 aromatic rings. The van der Waals surface area contributed by atoms with E-state index in [0.29, 0.717) is 12.8 Å². The van der Waals surface area contributed by atoms with Crippen molar-refractivity contribution >= 4 is 11.9 Å². The highest BCUT2D eigenvalue weighted by atomic mass is 16.4. The van der Waals surface area contributed by atoms with Crippen LogP contribution in [0.5, 0.6) is 0 Å². The van der Waals surface area contributed by atoms with Crippen molar-refractivity contribution in [3.8, 4) is 0 Å². The van der Waals surface area contributed by atoms with Gasteiger partial charge in [-0.3, -0.25) is 4.79 Å². The van der Waals surface area contributed by atoms with Crippen molar-refractivity contribution in [3.05, 3.63) is 0 Å². The highest BCUT2D eigenvalue weighted by molar-refractivity contribution is 5.87. The molecule has 1 amide bonds. The van der Waals surface area contributed by atoms with E-state index in [-0.39, 0.29) is 11.9 Å². The van der Waals surface area contributed by atoms with E-state index < -0.39 is 12.0 Å². The van der Waals surface area contributed by atoms with Crippen LogP contribution in [0.2, 0.25) is 0 Å². The molecule has 4 heteroatoms. The number of carbonyl (C=O) groups is 2. The summed E-state index contributed by atoms with van der Waals surface area (Å²) in [4.78, 5) is 23.5. The van der Waals surface area contributed by atoms with Gasteiger partial charge in [0.15, 0.2) is 0 Å². The Morgan fingerprint density at radius 3 is 2.58 bits per heavy atom. The largest absolute Gasteiger partial charge is 0.480 e. The second kappa shape index (κ2) is 2.47. The lowest BCUT2D eigenvalue weighted by Gasteiger charge is -2.20. The molecule has 2 rings (SSSR count). The number of carboxylic acid groups (broad SMARTS) is 1. The molecule has 4 nitrogen and oxygen atoms in total. The third-order valence-corrected chi connectivity index (χ3v) is 2.48. The Bertz CT molecular complexity index is 234. The predicted octanol–water partition coefficient (Wildman–Crippen LogP) is 0.224. The van der Waals surface area contributed by atoms with E-state index in [2.05, 4.69) is 0 Å². The molecule has 1 saturated heterocycles. The third kappa shape index (κ3) is 1.07. The number of hydrogen-bond donors (Lipinski definition) is 1. The molecule has 2 aliphatic rings. The monoisotopic (exact) mass is 169 g/mol. The van der Waals surface area contributed by atoms with Gasteiger partial charge in [-0.2, -0.15) is 0 Å². The second-order valence-corrected chi connectivity index (χ2v) is 3.42. The quantitative estimate of drug-likeness (QED) is 0.643. The summed E-state index contributed by atoms with van der Waals surface area (Å²) in [5, 5.41) is 8.78. The highest BCUT2D eigenvalue weighted by Gasteiger charge is 2.44. The lowest BCUT2D eigenvalue weighted by atomic mass is 10.2. The first-order chi connectivity index (χ1) is 5.70. The van der Waals surface area contributed by atoms with Gasteiger partial charge in [0.05, 0.1) is 0 Å². The van der Waals surface area contributed by atoms with Gasteiger partial charge in [0, 0.05) is 12.5 Å². The standard InChI is InChI=1S/C8H11NO3/c10-7-4-3-6(8(11)12)9(7)5-1-2-5/h5-6H,1-4H2,(H,11,12)/t6-/m1/s1. The van der Waals surface area contributed by atoms with Crippen molar-refractivity contribution < 1.29 is 14.7 Å². The summed E-state index contributed by atoms with van der Waals surface area (Å²) in [5.74, 6) is -0.836. The Morgan fingerprint density at radius 2 is 2.08 bits per heavy atom. The van der Waals surface area contributed by atoms with Crippen molar-refractivity contribution in [2.75, 3.05) is 0 Å². The fraction of sp³-hybridized carbons (Fsp3) is 0.750. The van der Waals surface area contributed by atoms with Gasteiger partial charge >= 0.3 is 5.97 Å². The van der Waals surface area contributed by atoms with E-state index in [0.717, 1.165) is 12.8 Å². The van der Waals surface area contributed by atoms with Crippen LogP contribution in [-0.2, 0) is 9.59 Å². The van der Waals surface area contributed by atoms with Crippen LogP contribution in [0.15, 0.2) is 0 Å². The zero-order valence-electron chi connectivity index (χ0n) is 6.69. The first-order valence-electron chi connectivity index (χ1n) is 4.24. The summed E-state index contributed by atoms with van der Waals surface area (Å²) in [6.45, 7) is 0. The average Bonchev–Trinajstić information content (AvgIpc) is 2.75. The molecular formula is C8H11NO3. The van der Waals surface area contributed by atoms with Gasteiger partial charge in [0.1, 0.15) is 6.04 Å². The normalized spacial score (nSPS) is 29.5. The van der Waals surface area contributed by atoms with Gasteiger partial charge in [-0.15, -0.1) is 0 Å². The van der Waals surface area contributed by atoms with Crippen LogP contribution in [0.1, 0.15) is 25.7 Å². The molecule has 0 radical (unpaired) electrons. The molecule has 1 aliphatic carbocycles. The summed E-state index contributed by atoms with van der Waals surface area (Å²) < 4.78 is 0. The Labute approximate surface area is 70.2 Å². The molecule has 0 bridgehead atoms. The summed E-state index contributed by atoms with van der Waals surface area (Å²) in [6.07, 6.45) is 2.86. The Hall–Kier alpha value is -1.06. The molecule has 12 heavy (non-hydrogen) atoms. The fourth-order valence-electron chi connectivity index (χ4n) is 1.76. The molecule has 1 aliphatic heterocycles. The van der Waals surface area contributed by atoms with E-state index in [1.807, 2.05) is 0 Å². The number of hydrogen-bond acceptors (Lipinski definition) is 2. The number of carboxylic acids is 1. The summed E-state index contributed by atoms with van der Waals surface area (Å²) in [7, 11) is 0. The minimum absolute atomic E-state index is 0.0184. The highest BCUT2D eigenvalue weighted by Crippen LogP contribution is 2.34. The summed E-state index contributed by atoms with van der Waals surface area (Å²) in [6, 6.07) is -0.300. The summed E-state index contributed by atoms with van der Waals surface area (Å²) >= 11 is 0. The van der Waals surface area contributed by atoms with Crippen molar-refractivity contribution in [3.63, 3.8) is 0 Å². The molecule has 0 aromatic carbocycles. The van der Waals surface area contributed by atoms with Crippen LogP contribution >= 0.6 is 0 Å².